The van der Waals surface area contributed by atoms with Crippen molar-refractivity contribution in [2.24, 2.45) is 7.05 Å². The van der Waals surface area contributed by atoms with Crippen molar-refractivity contribution < 1.29 is 9.53 Å². The number of carbonyl (C=O) groups excluding carboxylic acids is 1. The number of rotatable bonds is 4. The predicted octanol–water partition coefficient (Wildman–Crippen LogP) is 1.80. The molecule has 0 unspecified atom stereocenters. The van der Waals surface area contributed by atoms with Crippen LogP contribution in [0.4, 0.5) is 0 Å². The molecule has 2 aromatic heterocycles. The van der Waals surface area contributed by atoms with Gasteiger partial charge < -0.3 is 14.2 Å². The highest BCUT2D eigenvalue weighted by atomic mass is 32.1. The highest BCUT2D eigenvalue weighted by Gasteiger charge is 2.31. The summed E-state index contributed by atoms with van der Waals surface area (Å²) in [6.45, 7) is 1.90. The number of hydrogen-bond donors (Lipinski definition) is 0. The van der Waals surface area contributed by atoms with Crippen LogP contribution in [0.2, 0.25) is 0 Å². The number of aromatic nitrogens is 2. The number of imidazole rings is 1. The third kappa shape index (κ3) is 2.87. The van der Waals surface area contributed by atoms with Crippen molar-refractivity contribution in [1.82, 2.24) is 14.5 Å². The van der Waals surface area contributed by atoms with Gasteiger partial charge in [-0.05, 0) is 11.4 Å². The summed E-state index contributed by atoms with van der Waals surface area (Å²) >= 11 is 1.62. The Hall–Kier alpha value is -1.66. The number of aryl methyl sites for hydroxylation is 1. The van der Waals surface area contributed by atoms with E-state index in [2.05, 4.69) is 4.98 Å². The third-order valence-corrected chi connectivity index (χ3v) is 4.73. The van der Waals surface area contributed by atoms with E-state index in [9.17, 15) is 4.79 Å². The molecule has 2 aromatic rings. The summed E-state index contributed by atoms with van der Waals surface area (Å²) in [5, 5.41) is 2.00. The van der Waals surface area contributed by atoms with Gasteiger partial charge in [0.2, 0.25) is 5.91 Å². The number of carbonyl (C=O) groups is 1. The van der Waals surface area contributed by atoms with Crippen molar-refractivity contribution in [3.63, 3.8) is 0 Å². The van der Waals surface area contributed by atoms with E-state index >= 15 is 0 Å². The number of amides is 1. The molecule has 1 atom stereocenters. The zero-order valence-corrected chi connectivity index (χ0v) is 13.1. The Labute approximate surface area is 128 Å². The SMILES string of the molecule is COC[C@@H]1CN(C(=O)Cc2cccs2)Cc2ncn(C)c21. The molecule has 0 spiro atoms. The summed E-state index contributed by atoms with van der Waals surface area (Å²) in [4.78, 5) is 19.9. The van der Waals surface area contributed by atoms with E-state index in [0.29, 0.717) is 26.1 Å². The maximum absolute atomic E-state index is 12.5. The fraction of sp³-hybridized carbons (Fsp3) is 0.467. The summed E-state index contributed by atoms with van der Waals surface area (Å²) in [5.41, 5.74) is 2.18. The van der Waals surface area contributed by atoms with Gasteiger partial charge in [-0.2, -0.15) is 0 Å². The lowest BCUT2D eigenvalue weighted by Crippen LogP contribution is -2.40. The van der Waals surface area contributed by atoms with Crippen LogP contribution in [0.3, 0.4) is 0 Å². The summed E-state index contributed by atoms with van der Waals surface area (Å²) in [7, 11) is 3.69. The van der Waals surface area contributed by atoms with E-state index in [1.165, 1.54) is 5.69 Å². The summed E-state index contributed by atoms with van der Waals surface area (Å²) in [5.74, 6) is 0.355. The Morgan fingerprint density at radius 2 is 2.43 bits per heavy atom. The van der Waals surface area contributed by atoms with Crippen LogP contribution < -0.4 is 0 Å². The Bertz CT molecular complexity index is 621. The third-order valence-electron chi connectivity index (χ3n) is 3.86. The fourth-order valence-corrected chi connectivity index (χ4v) is 3.62. The molecule has 5 nitrogen and oxygen atoms in total. The molecule has 0 radical (unpaired) electrons. The Morgan fingerprint density at radius 3 is 3.14 bits per heavy atom. The van der Waals surface area contributed by atoms with Crippen LogP contribution in [-0.2, 0) is 29.5 Å². The first kappa shape index (κ1) is 14.3. The second-order valence-electron chi connectivity index (χ2n) is 5.37. The molecule has 0 saturated carbocycles. The van der Waals surface area contributed by atoms with Crippen LogP contribution in [0.1, 0.15) is 22.2 Å². The van der Waals surface area contributed by atoms with Crippen LogP contribution in [0, 0.1) is 0 Å². The molecule has 0 aliphatic carbocycles. The van der Waals surface area contributed by atoms with Crippen molar-refractivity contribution in [2.45, 2.75) is 18.9 Å². The van der Waals surface area contributed by atoms with E-state index in [1.54, 1.807) is 18.4 Å². The minimum Gasteiger partial charge on any atom is -0.384 e. The van der Waals surface area contributed by atoms with Gasteiger partial charge in [-0.3, -0.25) is 4.79 Å². The molecule has 0 aromatic carbocycles. The lowest BCUT2D eigenvalue weighted by molar-refractivity contribution is -0.132. The largest absolute Gasteiger partial charge is 0.384 e. The lowest BCUT2D eigenvalue weighted by Gasteiger charge is -2.32. The molecule has 112 valence electrons. The molecule has 1 aliphatic rings. The van der Waals surface area contributed by atoms with Gasteiger partial charge in [0.15, 0.2) is 0 Å². The molecule has 1 amide bonds. The highest BCUT2D eigenvalue weighted by Crippen LogP contribution is 2.28. The van der Waals surface area contributed by atoms with E-state index in [4.69, 9.17) is 4.74 Å². The molecule has 0 N–H and O–H groups in total. The second-order valence-corrected chi connectivity index (χ2v) is 6.40. The lowest BCUT2D eigenvalue weighted by atomic mass is 9.98. The van der Waals surface area contributed by atoms with Crippen molar-refractivity contribution in [3.8, 4) is 0 Å². The van der Waals surface area contributed by atoms with Crippen LogP contribution in [0.15, 0.2) is 23.8 Å². The molecule has 21 heavy (non-hydrogen) atoms. The predicted molar refractivity (Wildman–Crippen MR) is 81.3 cm³/mol. The molecular weight excluding hydrogens is 286 g/mol. The number of ether oxygens (including phenoxy) is 1. The molecule has 3 heterocycles. The van der Waals surface area contributed by atoms with Gasteiger partial charge in [-0.25, -0.2) is 4.98 Å². The fourth-order valence-electron chi connectivity index (χ4n) is 2.93. The topological polar surface area (TPSA) is 47.4 Å². The smallest absolute Gasteiger partial charge is 0.228 e. The van der Waals surface area contributed by atoms with Crippen LogP contribution in [-0.4, -0.2) is 40.6 Å². The normalized spacial score (nSPS) is 17.8. The Balaban J connectivity index is 1.78. The minimum absolute atomic E-state index is 0.162. The molecule has 0 saturated heterocycles. The van der Waals surface area contributed by atoms with Crippen LogP contribution in [0.5, 0.6) is 0 Å². The average Bonchev–Trinajstić information content (AvgIpc) is 3.09. The van der Waals surface area contributed by atoms with Crippen molar-refractivity contribution in [3.05, 3.63) is 40.1 Å². The maximum atomic E-state index is 12.5. The molecule has 1 aliphatic heterocycles. The zero-order valence-electron chi connectivity index (χ0n) is 12.3. The Morgan fingerprint density at radius 1 is 1.57 bits per heavy atom. The van der Waals surface area contributed by atoms with Crippen LogP contribution in [0.25, 0.3) is 0 Å². The molecule has 0 bridgehead atoms. The first-order valence-electron chi connectivity index (χ1n) is 6.98. The molecular formula is C15H19N3O2S. The first-order chi connectivity index (χ1) is 10.2. The van der Waals surface area contributed by atoms with E-state index in [0.717, 1.165) is 10.6 Å². The number of thiophene rings is 1. The van der Waals surface area contributed by atoms with Gasteiger partial charge in [-0.1, -0.05) is 6.07 Å². The number of methoxy groups -OCH3 is 1. The number of hydrogen-bond acceptors (Lipinski definition) is 4. The van der Waals surface area contributed by atoms with Gasteiger partial charge in [0.25, 0.3) is 0 Å². The van der Waals surface area contributed by atoms with Crippen molar-refractivity contribution in [1.29, 1.82) is 0 Å². The molecule has 3 rings (SSSR count). The zero-order chi connectivity index (χ0) is 14.8. The highest BCUT2D eigenvalue weighted by molar-refractivity contribution is 7.10. The minimum atomic E-state index is 0.162. The average molecular weight is 305 g/mol. The quantitative estimate of drug-likeness (QED) is 0.865. The van der Waals surface area contributed by atoms with Crippen molar-refractivity contribution in [2.75, 3.05) is 20.3 Å². The van der Waals surface area contributed by atoms with Gasteiger partial charge in [0, 0.05) is 37.2 Å². The number of fused-ring (bicyclic) bond motifs is 1. The maximum Gasteiger partial charge on any atom is 0.228 e. The molecule has 6 heteroatoms. The van der Waals surface area contributed by atoms with Gasteiger partial charge in [0.05, 0.1) is 31.6 Å². The number of nitrogens with zero attached hydrogens (tertiary/aromatic N) is 3. The first-order valence-corrected chi connectivity index (χ1v) is 7.86. The van der Waals surface area contributed by atoms with Gasteiger partial charge in [0.1, 0.15) is 0 Å². The standard InChI is InChI=1S/C15H19N3O2S/c1-17-10-16-13-8-18(7-11(9-20-2)15(13)17)14(19)6-12-4-3-5-21-12/h3-5,10-11H,6-9H2,1-2H3/t11-/m0/s1. The summed E-state index contributed by atoms with van der Waals surface area (Å²) in [6, 6.07) is 3.99. The second kappa shape index (κ2) is 5.99. The summed E-state index contributed by atoms with van der Waals surface area (Å²) in [6.07, 6.45) is 2.29. The molecule has 0 fully saturated rings. The monoisotopic (exact) mass is 305 g/mol. The Kier molecular flexibility index (Phi) is 4.07. The van der Waals surface area contributed by atoms with E-state index < -0.39 is 0 Å². The van der Waals surface area contributed by atoms with Gasteiger partial charge in [-0.15, -0.1) is 11.3 Å². The van der Waals surface area contributed by atoms with E-state index in [1.807, 2.05) is 40.4 Å². The van der Waals surface area contributed by atoms with Crippen molar-refractivity contribution >= 4 is 17.2 Å². The summed E-state index contributed by atoms with van der Waals surface area (Å²) < 4.78 is 7.36. The van der Waals surface area contributed by atoms with Gasteiger partial charge >= 0.3 is 0 Å². The van der Waals surface area contributed by atoms with Crippen LogP contribution >= 0.6 is 11.3 Å². The van der Waals surface area contributed by atoms with E-state index in [-0.39, 0.29) is 11.8 Å².